The average molecular weight is 387 g/mol. The van der Waals surface area contributed by atoms with Gasteiger partial charge in [0.25, 0.3) is 8.32 Å². The van der Waals surface area contributed by atoms with Crippen LogP contribution >= 0.6 is 0 Å². The Morgan fingerprint density at radius 2 is 1.32 bits per heavy atom. The molecule has 0 amide bonds. The average Bonchev–Trinajstić information content (AvgIpc) is 3.16. The van der Waals surface area contributed by atoms with Crippen LogP contribution in [0, 0.1) is 0 Å². The van der Waals surface area contributed by atoms with Gasteiger partial charge in [0.2, 0.25) is 0 Å². The van der Waals surface area contributed by atoms with Gasteiger partial charge in [-0.3, -0.25) is 0 Å². The second-order valence-corrected chi connectivity index (χ2v) is 12.0. The molecule has 0 unspecified atom stereocenters. The summed E-state index contributed by atoms with van der Waals surface area (Å²) in [6, 6.07) is 30.6. The molecule has 3 heteroatoms. The van der Waals surface area contributed by atoms with Gasteiger partial charge in [-0.2, -0.15) is 0 Å². The summed E-state index contributed by atoms with van der Waals surface area (Å²) in [5.74, 6) is 0.978. The van der Waals surface area contributed by atoms with E-state index in [0.717, 1.165) is 39.9 Å². The quantitative estimate of drug-likeness (QED) is 0.478. The number of furan rings is 1. The Morgan fingerprint density at radius 1 is 0.786 bits per heavy atom. The molecule has 0 aliphatic heterocycles. The molecule has 0 saturated heterocycles. The predicted molar refractivity (Wildman–Crippen MR) is 119 cm³/mol. The van der Waals surface area contributed by atoms with Crippen molar-refractivity contribution in [2.45, 2.75) is 31.7 Å². The number of hydrogen-bond donors (Lipinski definition) is 1. The van der Waals surface area contributed by atoms with E-state index in [1.807, 2.05) is 54.6 Å². The standard InChI is InChI=1S/C25H26O2Si/c1-25(2,18-17-21-19-20-11-9-10-16-24(20)27-21)28(26,22-12-5-3-6-13-22)23-14-7-4-8-15-23/h3-16,19,26H,17-18H2,1-2H3. The third-order valence-corrected chi connectivity index (χ3v) is 10.4. The Balaban J connectivity index is 1.68. The summed E-state index contributed by atoms with van der Waals surface area (Å²) in [4.78, 5) is 12.2. The van der Waals surface area contributed by atoms with Crippen LogP contribution in [0.2, 0.25) is 5.04 Å². The van der Waals surface area contributed by atoms with Crippen LogP contribution in [0.1, 0.15) is 26.0 Å². The number of aryl methyl sites for hydroxylation is 1. The van der Waals surface area contributed by atoms with Gasteiger partial charge >= 0.3 is 0 Å². The number of benzene rings is 3. The van der Waals surface area contributed by atoms with E-state index in [1.54, 1.807) is 0 Å². The highest BCUT2D eigenvalue weighted by Gasteiger charge is 2.49. The van der Waals surface area contributed by atoms with Gasteiger partial charge in [-0.05, 0) is 34.0 Å². The van der Waals surface area contributed by atoms with Crippen LogP contribution in [0.25, 0.3) is 11.0 Å². The molecule has 0 radical (unpaired) electrons. The smallest absolute Gasteiger partial charge is 0.258 e. The Bertz CT molecular complexity index is 979. The molecule has 3 aromatic carbocycles. The molecular formula is C25H26O2Si. The topological polar surface area (TPSA) is 33.4 Å². The van der Waals surface area contributed by atoms with Gasteiger partial charge in [0, 0.05) is 11.8 Å². The molecule has 0 fully saturated rings. The van der Waals surface area contributed by atoms with Crippen LogP contribution in [0.15, 0.2) is 95.4 Å². The molecule has 0 bridgehead atoms. The van der Waals surface area contributed by atoms with Gasteiger partial charge in [-0.25, -0.2) is 0 Å². The zero-order valence-corrected chi connectivity index (χ0v) is 17.4. The first kappa shape index (κ1) is 18.7. The van der Waals surface area contributed by atoms with Gasteiger partial charge in [0.05, 0.1) is 0 Å². The van der Waals surface area contributed by atoms with Crippen LogP contribution in [0.4, 0.5) is 0 Å². The molecule has 0 aliphatic carbocycles. The van der Waals surface area contributed by atoms with E-state index >= 15 is 0 Å². The lowest BCUT2D eigenvalue weighted by Crippen LogP contribution is -2.65. The number of rotatable bonds is 6. The molecule has 28 heavy (non-hydrogen) atoms. The van der Waals surface area contributed by atoms with E-state index in [0.29, 0.717) is 0 Å². The molecule has 0 aliphatic rings. The zero-order chi connectivity index (χ0) is 19.6. The minimum Gasteiger partial charge on any atom is -0.461 e. The van der Waals surface area contributed by atoms with Gasteiger partial charge in [0.15, 0.2) is 0 Å². The van der Waals surface area contributed by atoms with Gasteiger partial charge in [-0.15, -0.1) is 0 Å². The molecule has 4 rings (SSSR count). The van der Waals surface area contributed by atoms with Crippen molar-refractivity contribution in [3.63, 3.8) is 0 Å². The van der Waals surface area contributed by atoms with Crippen molar-refractivity contribution in [1.82, 2.24) is 0 Å². The molecule has 4 aromatic rings. The summed E-state index contributed by atoms with van der Waals surface area (Å²) in [5, 5.41) is 2.97. The van der Waals surface area contributed by atoms with Crippen molar-refractivity contribution < 1.29 is 9.21 Å². The molecule has 1 heterocycles. The normalized spacial score (nSPS) is 12.4. The van der Waals surface area contributed by atoms with Crippen LogP contribution < -0.4 is 10.4 Å². The third-order valence-electron chi connectivity index (χ3n) is 5.84. The van der Waals surface area contributed by atoms with E-state index in [4.69, 9.17) is 4.42 Å². The number of para-hydroxylation sites is 1. The van der Waals surface area contributed by atoms with Crippen LogP contribution in [-0.2, 0) is 6.42 Å². The fourth-order valence-corrected chi connectivity index (χ4v) is 7.82. The Labute approximate surface area is 167 Å². The lowest BCUT2D eigenvalue weighted by atomic mass is 10.1. The van der Waals surface area contributed by atoms with Crippen molar-refractivity contribution in [1.29, 1.82) is 0 Å². The molecule has 2 nitrogen and oxygen atoms in total. The molecule has 0 saturated carbocycles. The highest BCUT2D eigenvalue weighted by molar-refractivity contribution is 6.98. The first-order chi connectivity index (χ1) is 13.5. The SMILES string of the molecule is CC(C)(CCc1cc2ccccc2o1)[Si](O)(c1ccccc1)c1ccccc1. The molecule has 0 spiro atoms. The zero-order valence-electron chi connectivity index (χ0n) is 16.4. The van der Waals surface area contributed by atoms with E-state index in [-0.39, 0.29) is 5.04 Å². The largest absolute Gasteiger partial charge is 0.461 e. The van der Waals surface area contributed by atoms with E-state index in [9.17, 15) is 4.80 Å². The van der Waals surface area contributed by atoms with Gasteiger partial charge in [-0.1, -0.05) is 92.7 Å². The van der Waals surface area contributed by atoms with Crippen molar-refractivity contribution in [2.75, 3.05) is 0 Å². The lowest BCUT2D eigenvalue weighted by molar-refractivity contribution is 0.447. The maximum Gasteiger partial charge on any atom is 0.258 e. The summed E-state index contributed by atoms with van der Waals surface area (Å²) in [6.45, 7) is 4.39. The first-order valence-electron chi connectivity index (χ1n) is 9.82. The van der Waals surface area contributed by atoms with Crippen LogP contribution in [-0.4, -0.2) is 13.1 Å². The first-order valence-corrected chi connectivity index (χ1v) is 11.8. The van der Waals surface area contributed by atoms with Crippen molar-refractivity contribution in [3.05, 3.63) is 96.8 Å². The molecule has 0 atom stereocenters. The fourth-order valence-electron chi connectivity index (χ4n) is 4.08. The summed E-state index contributed by atoms with van der Waals surface area (Å²) in [6.07, 6.45) is 1.65. The minimum absolute atomic E-state index is 0.269. The van der Waals surface area contributed by atoms with E-state index in [1.165, 1.54) is 0 Å². The highest BCUT2D eigenvalue weighted by atomic mass is 28.4. The predicted octanol–water partition coefficient (Wildman–Crippen LogP) is 4.90. The molecule has 1 aromatic heterocycles. The van der Waals surface area contributed by atoms with Crippen LogP contribution in [0.3, 0.4) is 0 Å². The monoisotopic (exact) mass is 386 g/mol. The van der Waals surface area contributed by atoms with E-state index in [2.05, 4.69) is 50.2 Å². The maximum atomic E-state index is 12.2. The van der Waals surface area contributed by atoms with Gasteiger partial charge < -0.3 is 9.21 Å². The second-order valence-electron chi connectivity index (χ2n) is 8.08. The fraction of sp³-hybridized carbons (Fsp3) is 0.200. The summed E-state index contributed by atoms with van der Waals surface area (Å²) in [7, 11) is -2.96. The lowest BCUT2D eigenvalue weighted by Gasteiger charge is -2.41. The number of fused-ring (bicyclic) bond motifs is 1. The third kappa shape index (κ3) is 3.32. The van der Waals surface area contributed by atoms with Crippen molar-refractivity contribution in [2.24, 2.45) is 0 Å². The summed E-state index contributed by atoms with van der Waals surface area (Å²) in [5.41, 5.74) is 0.925. The second kappa shape index (κ2) is 7.42. The highest BCUT2D eigenvalue weighted by Crippen LogP contribution is 2.40. The summed E-state index contributed by atoms with van der Waals surface area (Å²) >= 11 is 0. The molecule has 142 valence electrons. The minimum atomic E-state index is -2.96. The van der Waals surface area contributed by atoms with Crippen molar-refractivity contribution in [3.8, 4) is 0 Å². The molecule has 1 N–H and O–H groups in total. The van der Waals surface area contributed by atoms with Crippen molar-refractivity contribution >= 4 is 29.7 Å². The Kier molecular flexibility index (Phi) is 4.96. The number of hydrogen-bond acceptors (Lipinski definition) is 2. The summed E-state index contributed by atoms with van der Waals surface area (Å²) < 4.78 is 6.02. The Hall–Kier alpha value is -2.62. The molecular weight excluding hydrogens is 360 g/mol. The van der Waals surface area contributed by atoms with Gasteiger partial charge in [0.1, 0.15) is 11.3 Å². The van der Waals surface area contributed by atoms with E-state index < -0.39 is 8.32 Å². The van der Waals surface area contributed by atoms with Crippen LogP contribution in [0.5, 0.6) is 0 Å². The Morgan fingerprint density at radius 3 is 1.89 bits per heavy atom. The maximum absolute atomic E-state index is 12.2.